The summed E-state index contributed by atoms with van der Waals surface area (Å²) in [5, 5.41) is 9.30. The van der Waals surface area contributed by atoms with E-state index in [1.165, 1.54) is 23.7 Å². The number of aromatic nitrogens is 3. The van der Waals surface area contributed by atoms with E-state index in [0.717, 1.165) is 4.57 Å². The molecule has 0 aromatic carbocycles. The van der Waals surface area contributed by atoms with Crippen molar-refractivity contribution >= 4 is 16.8 Å². The third kappa shape index (κ3) is 2.27. The molecule has 0 amide bonds. The Labute approximate surface area is 114 Å². The zero-order chi connectivity index (χ0) is 14.9. The summed E-state index contributed by atoms with van der Waals surface area (Å²) in [5.41, 5.74) is -0.560. The quantitative estimate of drug-likeness (QED) is 0.818. The van der Waals surface area contributed by atoms with Crippen LogP contribution in [0.2, 0.25) is 0 Å². The third-order valence-electron chi connectivity index (χ3n) is 3.13. The smallest absolute Gasteiger partial charge is 0.332 e. The van der Waals surface area contributed by atoms with Crippen molar-refractivity contribution in [2.75, 3.05) is 0 Å². The van der Waals surface area contributed by atoms with Gasteiger partial charge in [-0.2, -0.15) is 0 Å². The molecule has 0 aliphatic rings. The molecule has 0 spiro atoms. The summed E-state index contributed by atoms with van der Waals surface area (Å²) in [6, 6.07) is 3.02. The predicted octanol–water partition coefficient (Wildman–Crippen LogP) is -0.433. The van der Waals surface area contributed by atoms with E-state index >= 15 is 0 Å². The lowest BCUT2D eigenvalue weighted by Crippen LogP contribution is -2.41. The van der Waals surface area contributed by atoms with Crippen LogP contribution in [0, 0.1) is 0 Å². The Balaban J connectivity index is 2.78. The number of aliphatic hydroxyl groups excluding tert-OH is 1. The SMILES string of the molecule is CCC(=O)Cn1c(=O)c2ccc(CO)nc2n(C)c1=O. The van der Waals surface area contributed by atoms with Gasteiger partial charge in [-0.25, -0.2) is 9.78 Å². The second kappa shape index (κ2) is 5.38. The summed E-state index contributed by atoms with van der Waals surface area (Å²) in [7, 11) is 1.48. The number of hydrogen-bond acceptors (Lipinski definition) is 5. The fraction of sp³-hybridized carbons (Fsp3) is 0.385. The van der Waals surface area contributed by atoms with Crippen LogP contribution in [-0.2, 0) is 25.0 Å². The number of carbonyl (C=O) groups excluding carboxylic acids is 1. The molecule has 0 bridgehead atoms. The topological polar surface area (TPSA) is 94.2 Å². The lowest BCUT2D eigenvalue weighted by Gasteiger charge is -2.09. The maximum Gasteiger partial charge on any atom is 0.332 e. The van der Waals surface area contributed by atoms with Gasteiger partial charge in [0.2, 0.25) is 0 Å². The molecule has 20 heavy (non-hydrogen) atoms. The van der Waals surface area contributed by atoms with E-state index in [1.54, 1.807) is 6.92 Å². The Kier molecular flexibility index (Phi) is 3.80. The van der Waals surface area contributed by atoms with Gasteiger partial charge in [0, 0.05) is 13.5 Å². The van der Waals surface area contributed by atoms with Gasteiger partial charge >= 0.3 is 5.69 Å². The lowest BCUT2D eigenvalue weighted by atomic mass is 10.2. The van der Waals surface area contributed by atoms with Crippen molar-refractivity contribution in [1.82, 2.24) is 14.1 Å². The molecule has 2 rings (SSSR count). The number of rotatable bonds is 4. The number of aryl methyl sites for hydroxylation is 1. The zero-order valence-electron chi connectivity index (χ0n) is 11.3. The summed E-state index contributed by atoms with van der Waals surface area (Å²) < 4.78 is 2.12. The summed E-state index contributed by atoms with van der Waals surface area (Å²) in [5.74, 6) is -0.191. The first-order chi connectivity index (χ1) is 9.49. The number of nitrogens with zero attached hydrogens (tertiary/aromatic N) is 3. The monoisotopic (exact) mass is 277 g/mol. The van der Waals surface area contributed by atoms with E-state index in [1.807, 2.05) is 0 Å². The highest BCUT2D eigenvalue weighted by atomic mass is 16.3. The van der Waals surface area contributed by atoms with Gasteiger partial charge in [-0.3, -0.25) is 18.7 Å². The van der Waals surface area contributed by atoms with Crippen molar-refractivity contribution in [1.29, 1.82) is 0 Å². The Morgan fingerprint density at radius 3 is 2.65 bits per heavy atom. The first-order valence-corrected chi connectivity index (χ1v) is 6.21. The second-order valence-electron chi connectivity index (χ2n) is 4.46. The molecule has 0 saturated heterocycles. The zero-order valence-corrected chi connectivity index (χ0v) is 11.3. The minimum Gasteiger partial charge on any atom is -0.390 e. The van der Waals surface area contributed by atoms with Crippen molar-refractivity contribution in [3.63, 3.8) is 0 Å². The second-order valence-corrected chi connectivity index (χ2v) is 4.46. The Hall–Kier alpha value is -2.28. The molecule has 0 unspecified atom stereocenters. The largest absolute Gasteiger partial charge is 0.390 e. The van der Waals surface area contributed by atoms with Crippen molar-refractivity contribution in [2.24, 2.45) is 7.05 Å². The van der Waals surface area contributed by atoms with Gasteiger partial charge in [0.05, 0.1) is 24.2 Å². The number of carbonyl (C=O) groups is 1. The minimum atomic E-state index is -0.591. The average molecular weight is 277 g/mol. The van der Waals surface area contributed by atoms with Crippen LogP contribution in [0.3, 0.4) is 0 Å². The van der Waals surface area contributed by atoms with Crippen LogP contribution in [0.5, 0.6) is 0 Å². The number of pyridine rings is 1. The molecule has 2 aromatic rings. The number of fused-ring (bicyclic) bond motifs is 1. The first-order valence-electron chi connectivity index (χ1n) is 6.21. The molecule has 1 N–H and O–H groups in total. The highest BCUT2D eigenvalue weighted by molar-refractivity contribution is 5.79. The van der Waals surface area contributed by atoms with Crippen LogP contribution in [0.4, 0.5) is 0 Å². The maximum absolute atomic E-state index is 12.2. The van der Waals surface area contributed by atoms with Crippen molar-refractivity contribution in [2.45, 2.75) is 26.5 Å². The van der Waals surface area contributed by atoms with Crippen LogP contribution < -0.4 is 11.2 Å². The molecule has 0 aliphatic heterocycles. The molecule has 106 valence electrons. The summed E-state index contributed by atoms with van der Waals surface area (Å²) in [4.78, 5) is 39.9. The molecule has 2 aromatic heterocycles. The molecular formula is C13H15N3O4. The highest BCUT2D eigenvalue weighted by Crippen LogP contribution is 2.06. The third-order valence-corrected chi connectivity index (χ3v) is 3.13. The first kappa shape index (κ1) is 14.1. The number of aliphatic hydroxyl groups is 1. The fourth-order valence-electron chi connectivity index (χ4n) is 1.93. The van der Waals surface area contributed by atoms with Crippen LogP contribution in [0.15, 0.2) is 21.7 Å². The van der Waals surface area contributed by atoms with Gasteiger partial charge in [-0.05, 0) is 12.1 Å². The highest BCUT2D eigenvalue weighted by Gasteiger charge is 2.14. The van der Waals surface area contributed by atoms with E-state index in [9.17, 15) is 14.4 Å². The van der Waals surface area contributed by atoms with Crippen LogP contribution >= 0.6 is 0 Å². The minimum absolute atomic E-state index is 0.191. The summed E-state index contributed by atoms with van der Waals surface area (Å²) >= 11 is 0. The van der Waals surface area contributed by atoms with Crippen LogP contribution in [0.1, 0.15) is 19.0 Å². The lowest BCUT2D eigenvalue weighted by molar-refractivity contribution is -0.119. The normalized spacial score (nSPS) is 10.9. The summed E-state index contributed by atoms with van der Waals surface area (Å²) in [6.07, 6.45) is 0.259. The van der Waals surface area contributed by atoms with Gasteiger partial charge in [0.1, 0.15) is 5.65 Å². The van der Waals surface area contributed by atoms with Crippen molar-refractivity contribution in [3.05, 3.63) is 38.7 Å². The number of Topliss-reactive ketones (excluding diaryl/α,β-unsaturated/α-hetero) is 1. The Morgan fingerprint density at radius 2 is 2.05 bits per heavy atom. The molecule has 2 heterocycles. The fourth-order valence-corrected chi connectivity index (χ4v) is 1.93. The van der Waals surface area contributed by atoms with E-state index < -0.39 is 11.2 Å². The molecule has 0 fully saturated rings. The summed E-state index contributed by atoms with van der Waals surface area (Å²) in [6.45, 7) is 1.16. The number of ketones is 1. The van der Waals surface area contributed by atoms with Gasteiger partial charge in [-0.15, -0.1) is 0 Å². The molecule has 0 atom stereocenters. The molecular weight excluding hydrogens is 262 g/mol. The predicted molar refractivity (Wildman–Crippen MR) is 72.5 cm³/mol. The average Bonchev–Trinajstić information content (AvgIpc) is 2.48. The maximum atomic E-state index is 12.2. The van der Waals surface area contributed by atoms with E-state index in [0.29, 0.717) is 5.69 Å². The van der Waals surface area contributed by atoms with Gasteiger partial charge in [0.25, 0.3) is 5.56 Å². The van der Waals surface area contributed by atoms with Crippen molar-refractivity contribution in [3.8, 4) is 0 Å². The van der Waals surface area contributed by atoms with Crippen LogP contribution in [0.25, 0.3) is 11.0 Å². The number of hydrogen-bond donors (Lipinski definition) is 1. The molecule has 0 saturated carbocycles. The van der Waals surface area contributed by atoms with E-state index in [4.69, 9.17) is 5.11 Å². The molecule has 7 heteroatoms. The Morgan fingerprint density at radius 1 is 1.35 bits per heavy atom. The van der Waals surface area contributed by atoms with Gasteiger partial charge < -0.3 is 5.11 Å². The molecule has 0 radical (unpaired) electrons. The van der Waals surface area contributed by atoms with E-state index in [2.05, 4.69) is 4.98 Å². The standard InChI is InChI=1S/C13H15N3O4/c1-3-9(18)6-16-12(19)10-5-4-8(7-17)14-11(10)15(2)13(16)20/h4-5,17H,3,6-7H2,1-2H3. The molecule has 0 aliphatic carbocycles. The molecule has 7 nitrogen and oxygen atoms in total. The van der Waals surface area contributed by atoms with E-state index in [-0.39, 0.29) is 36.4 Å². The van der Waals surface area contributed by atoms with Gasteiger partial charge in [0.15, 0.2) is 5.78 Å². The Bertz CT molecular complexity index is 789. The van der Waals surface area contributed by atoms with Crippen molar-refractivity contribution < 1.29 is 9.90 Å². The van der Waals surface area contributed by atoms with Gasteiger partial charge in [-0.1, -0.05) is 6.92 Å². The van der Waals surface area contributed by atoms with Crippen LogP contribution in [-0.4, -0.2) is 25.0 Å².